The second-order valence-corrected chi connectivity index (χ2v) is 6.08. The molecule has 0 spiro atoms. The van der Waals surface area contributed by atoms with Gasteiger partial charge in [0.1, 0.15) is 0 Å². The van der Waals surface area contributed by atoms with Crippen molar-refractivity contribution in [1.29, 1.82) is 0 Å². The lowest BCUT2D eigenvalue weighted by molar-refractivity contribution is 0.244. The molecular formula is C8H20O2Si. The first-order valence-corrected chi connectivity index (χ1v) is 6.08. The molecule has 11 heavy (non-hydrogen) atoms. The van der Waals surface area contributed by atoms with Crippen molar-refractivity contribution >= 4 is 8.56 Å². The Hall–Kier alpha value is -0.123. The van der Waals surface area contributed by atoms with E-state index in [9.17, 15) is 0 Å². The maximum atomic E-state index is 5.30. The standard InChI is InChI=1S/C6H16O2Si.C2H4/c1-5-9(6-2,7-3)8-4;1-2/h5-6H2,1-4H3;1-2H2. The normalized spacial score (nSPS) is 10.2. The Morgan fingerprint density at radius 2 is 1.27 bits per heavy atom. The summed E-state index contributed by atoms with van der Waals surface area (Å²) in [4.78, 5) is 0. The second kappa shape index (κ2) is 7.98. The third kappa shape index (κ3) is 4.34. The Morgan fingerprint density at radius 3 is 1.27 bits per heavy atom. The van der Waals surface area contributed by atoms with Gasteiger partial charge in [0.2, 0.25) is 0 Å². The van der Waals surface area contributed by atoms with Crippen LogP contribution in [0.25, 0.3) is 0 Å². The summed E-state index contributed by atoms with van der Waals surface area (Å²) >= 11 is 0. The van der Waals surface area contributed by atoms with E-state index in [-0.39, 0.29) is 0 Å². The van der Waals surface area contributed by atoms with Gasteiger partial charge in [0.05, 0.1) is 0 Å². The largest absolute Gasteiger partial charge is 0.398 e. The van der Waals surface area contributed by atoms with E-state index in [4.69, 9.17) is 8.85 Å². The maximum absolute atomic E-state index is 5.30. The summed E-state index contributed by atoms with van der Waals surface area (Å²) in [7, 11) is 1.79. The highest BCUT2D eigenvalue weighted by atomic mass is 28.4. The van der Waals surface area contributed by atoms with E-state index in [1.54, 1.807) is 14.2 Å². The fourth-order valence-electron chi connectivity index (χ4n) is 0.911. The second-order valence-electron chi connectivity index (χ2n) is 2.03. The van der Waals surface area contributed by atoms with Crippen molar-refractivity contribution in [3.8, 4) is 0 Å². The lowest BCUT2D eigenvalue weighted by Gasteiger charge is -2.23. The van der Waals surface area contributed by atoms with Crippen molar-refractivity contribution in [3.05, 3.63) is 13.2 Å². The SMILES string of the molecule is C=C.CC[Si](CC)(OC)OC. The fourth-order valence-corrected chi connectivity index (χ4v) is 2.73. The summed E-state index contributed by atoms with van der Waals surface area (Å²) in [6.07, 6.45) is 0. The summed E-state index contributed by atoms with van der Waals surface area (Å²) in [5, 5.41) is 0. The van der Waals surface area contributed by atoms with Crippen molar-refractivity contribution in [3.63, 3.8) is 0 Å². The van der Waals surface area contributed by atoms with E-state index >= 15 is 0 Å². The molecular weight excluding hydrogens is 156 g/mol. The quantitative estimate of drug-likeness (QED) is 0.484. The molecule has 0 saturated carbocycles. The van der Waals surface area contributed by atoms with Crippen LogP contribution in [0.1, 0.15) is 13.8 Å². The van der Waals surface area contributed by atoms with Gasteiger partial charge in [-0.2, -0.15) is 0 Å². The van der Waals surface area contributed by atoms with Crippen LogP contribution in [0.15, 0.2) is 13.2 Å². The van der Waals surface area contributed by atoms with Crippen LogP contribution < -0.4 is 0 Å². The maximum Gasteiger partial charge on any atom is 0.337 e. The van der Waals surface area contributed by atoms with Crippen molar-refractivity contribution in [2.24, 2.45) is 0 Å². The number of rotatable bonds is 4. The first-order valence-electron chi connectivity index (χ1n) is 3.85. The highest BCUT2D eigenvalue weighted by Gasteiger charge is 2.29. The highest BCUT2D eigenvalue weighted by molar-refractivity contribution is 6.67. The van der Waals surface area contributed by atoms with Gasteiger partial charge in [-0.3, -0.25) is 0 Å². The molecule has 0 saturated heterocycles. The van der Waals surface area contributed by atoms with Crippen LogP contribution in [-0.4, -0.2) is 22.8 Å². The molecule has 0 aliphatic rings. The predicted octanol–water partition coefficient (Wildman–Crippen LogP) is 2.56. The molecule has 0 aromatic heterocycles. The Labute approximate surface area is 71.5 Å². The smallest absolute Gasteiger partial charge is 0.337 e. The fraction of sp³-hybridized carbons (Fsp3) is 0.750. The van der Waals surface area contributed by atoms with Gasteiger partial charge >= 0.3 is 8.56 Å². The molecule has 0 unspecified atom stereocenters. The molecule has 0 bridgehead atoms. The zero-order chi connectivity index (χ0) is 9.33. The van der Waals surface area contributed by atoms with Crippen LogP contribution in [0.2, 0.25) is 12.1 Å². The number of hydrogen-bond donors (Lipinski definition) is 0. The van der Waals surface area contributed by atoms with Gasteiger partial charge < -0.3 is 8.85 Å². The Kier molecular flexibility index (Phi) is 9.77. The zero-order valence-electron chi connectivity index (χ0n) is 8.14. The van der Waals surface area contributed by atoms with E-state index in [2.05, 4.69) is 27.0 Å². The van der Waals surface area contributed by atoms with Gasteiger partial charge in [0.25, 0.3) is 0 Å². The first-order chi connectivity index (χ1) is 5.24. The molecule has 0 rings (SSSR count). The van der Waals surface area contributed by atoms with Crippen LogP contribution in [0, 0.1) is 0 Å². The Balaban J connectivity index is 0. The van der Waals surface area contributed by atoms with E-state index in [0.29, 0.717) is 0 Å². The van der Waals surface area contributed by atoms with E-state index < -0.39 is 8.56 Å². The minimum Gasteiger partial charge on any atom is -0.398 e. The van der Waals surface area contributed by atoms with Crippen LogP contribution in [0.4, 0.5) is 0 Å². The third-order valence-corrected chi connectivity index (χ3v) is 5.46. The summed E-state index contributed by atoms with van der Waals surface area (Å²) in [6.45, 7) is 10.2. The first kappa shape index (κ1) is 13.5. The molecule has 0 atom stereocenters. The highest BCUT2D eigenvalue weighted by Crippen LogP contribution is 2.15. The molecule has 0 heterocycles. The molecule has 0 aromatic carbocycles. The third-order valence-electron chi connectivity index (χ3n) is 1.82. The lowest BCUT2D eigenvalue weighted by atomic mass is 10.9. The number of hydrogen-bond acceptors (Lipinski definition) is 2. The molecule has 0 N–H and O–H groups in total. The van der Waals surface area contributed by atoms with Crippen LogP contribution in [0.5, 0.6) is 0 Å². The molecule has 0 radical (unpaired) electrons. The van der Waals surface area contributed by atoms with Gasteiger partial charge in [-0.05, 0) is 12.1 Å². The molecule has 0 aromatic rings. The van der Waals surface area contributed by atoms with E-state index in [1.807, 2.05) is 0 Å². The Bertz CT molecular complexity index is 64.7. The monoisotopic (exact) mass is 176 g/mol. The van der Waals surface area contributed by atoms with Crippen molar-refractivity contribution in [2.45, 2.75) is 25.9 Å². The van der Waals surface area contributed by atoms with E-state index in [1.165, 1.54) is 0 Å². The van der Waals surface area contributed by atoms with Crippen molar-refractivity contribution in [1.82, 2.24) is 0 Å². The summed E-state index contributed by atoms with van der Waals surface area (Å²) < 4.78 is 10.6. The van der Waals surface area contributed by atoms with Gasteiger partial charge in [-0.15, -0.1) is 13.2 Å². The average molecular weight is 176 g/mol. The predicted molar refractivity (Wildman–Crippen MR) is 52.0 cm³/mol. The summed E-state index contributed by atoms with van der Waals surface area (Å²) in [5.74, 6) is 0. The van der Waals surface area contributed by atoms with E-state index in [0.717, 1.165) is 12.1 Å². The van der Waals surface area contributed by atoms with Gasteiger partial charge in [0.15, 0.2) is 0 Å². The molecule has 0 fully saturated rings. The average Bonchev–Trinajstić information content (AvgIpc) is 2.13. The van der Waals surface area contributed by atoms with Gasteiger partial charge in [0, 0.05) is 14.2 Å². The molecule has 0 aliphatic heterocycles. The topological polar surface area (TPSA) is 18.5 Å². The molecule has 3 heteroatoms. The zero-order valence-corrected chi connectivity index (χ0v) is 9.14. The summed E-state index contributed by atoms with van der Waals surface area (Å²) in [6, 6.07) is 2.08. The minimum atomic E-state index is -1.69. The van der Waals surface area contributed by atoms with Crippen LogP contribution in [-0.2, 0) is 8.85 Å². The molecule has 0 aliphatic carbocycles. The van der Waals surface area contributed by atoms with Gasteiger partial charge in [-0.25, -0.2) is 0 Å². The summed E-state index contributed by atoms with van der Waals surface area (Å²) in [5.41, 5.74) is 0. The Morgan fingerprint density at radius 1 is 1.00 bits per heavy atom. The molecule has 2 nitrogen and oxygen atoms in total. The minimum absolute atomic E-state index is 1.04. The van der Waals surface area contributed by atoms with Crippen molar-refractivity contribution < 1.29 is 8.85 Å². The molecule has 0 amide bonds. The molecule has 68 valence electrons. The van der Waals surface area contributed by atoms with Crippen LogP contribution in [0.3, 0.4) is 0 Å². The van der Waals surface area contributed by atoms with Crippen LogP contribution >= 0.6 is 0 Å². The lowest BCUT2D eigenvalue weighted by Crippen LogP contribution is -2.37. The van der Waals surface area contributed by atoms with Crippen molar-refractivity contribution in [2.75, 3.05) is 14.2 Å². The van der Waals surface area contributed by atoms with Gasteiger partial charge in [-0.1, -0.05) is 13.8 Å².